The summed E-state index contributed by atoms with van der Waals surface area (Å²) in [5.41, 5.74) is 4.06. The quantitative estimate of drug-likeness (QED) is 0.421. The molecule has 5 nitrogen and oxygen atoms in total. The van der Waals surface area contributed by atoms with Gasteiger partial charge in [-0.05, 0) is 48.2 Å². The summed E-state index contributed by atoms with van der Waals surface area (Å²) >= 11 is 1.61. The minimum Gasteiger partial charge on any atom is -0.253 e. The van der Waals surface area contributed by atoms with Gasteiger partial charge in [-0.15, -0.1) is 16.5 Å². The Labute approximate surface area is 155 Å². The van der Waals surface area contributed by atoms with Gasteiger partial charge in [0.2, 0.25) is 0 Å². The Bertz CT molecular complexity index is 1040. The van der Waals surface area contributed by atoms with Gasteiger partial charge in [-0.2, -0.15) is 5.11 Å². The van der Waals surface area contributed by atoms with Crippen molar-refractivity contribution >= 4 is 22.7 Å². The van der Waals surface area contributed by atoms with Crippen molar-refractivity contribution in [2.45, 2.75) is 6.92 Å². The molecule has 6 heteroatoms. The van der Waals surface area contributed by atoms with Crippen molar-refractivity contribution in [3.8, 4) is 22.1 Å². The van der Waals surface area contributed by atoms with E-state index in [0.29, 0.717) is 11.5 Å². The Balaban J connectivity index is 1.77. The Morgan fingerprint density at radius 2 is 1.88 bits per heavy atom. The molecule has 4 rings (SSSR count). The van der Waals surface area contributed by atoms with Gasteiger partial charge in [0.25, 0.3) is 0 Å². The fourth-order valence-electron chi connectivity index (χ4n) is 2.46. The predicted octanol–water partition coefficient (Wildman–Crippen LogP) is 5.99. The highest BCUT2D eigenvalue weighted by Gasteiger charge is 2.12. The lowest BCUT2D eigenvalue weighted by Gasteiger charge is -2.05. The molecule has 126 valence electrons. The predicted molar refractivity (Wildman–Crippen MR) is 104 cm³/mol. The van der Waals surface area contributed by atoms with Crippen molar-refractivity contribution in [3.63, 3.8) is 0 Å². The molecule has 3 aromatic heterocycles. The lowest BCUT2D eigenvalue weighted by Crippen LogP contribution is -1.93. The fourth-order valence-corrected chi connectivity index (χ4v) is 3.19. The van der Waals surface area contributed by atoms with E-state index in [4.69, 9.17) is 4.98 Å². The monoisotopic (exact) mass is 357 g/mol. The molecule has 0 saturated heterocycles. The summed E-state index contributed by atoms with van der Waals surface area (Å²) in [5, 5.41) is 10.8. The van der Waals surface area contributed by atoms with E-state index >= 15 is 0 Å². The average Bonchev–Trinajstić information content (AvgIpc) is 3.22. The normalized spacial score (nSPS) is 11.1. The van der Waals surface area contributed by atoms with Gasteiger partial charge < -0.3 is 0 Å². The van der Waals surface area contributed by atoms with Crippen LogP contribution in [0.25, 0.3) is 22.1 Å². The molecule has 26 heavy (non-hydrogen) atoms. The number of hydrogen-bond donors (Lipinski definition) is 0. The topological polar surface area (TPSA) is 63.4 Å². The number of nitrogens with zero attached hydrogens (tertiary/aromatic N) is 5. The van der Waals surface area contributed by atoms with E-state index in [0.717, 1.165) is 27.5 Å². The minimum absolute atomic E-state index is 0.573. The highest BCUT2D eigenvalue weighted by atomic mass is 32.1. The van der Waals surface area contributed by atoms with Crippen LogP contribution in [0.2, 0.25) is 0 Å². The standard InChI is InChI=1S/C20H15N5S/c1-14-6-4-7-15(12-14)24-25-17-13-22-20(16-8-2-3-10-21-16)23-19(17)18-9-5-11-26-18/h2-13H,1H3. The second-order valence-electron chi connectivity index (χ2n) is 5.66. The molecular formula is C20H15N5S. The van der Waals surface area contributed by atoms with Gasteiger partial charge in [0.05, 0.1) is 16.8 Å². The van der Waals surface area contributed by atoms with Crippen LogP contribution in [0.5, 0.6) is 0 Å². The van der Waals surface area contributed by atoms with E-state index in [-0.39, 0.29) is 0 Å². The summed E-state index contributed by atoms with van der Waals surface area (Å²) in [6, 6.07) is 17.6. The van der Waals surface area contributed by atoms with Gasteiger partial charge in [0, 0.05) is 6.20 Å². The first kappa shape index (κ1) is 16.2. The van der Waals surface area contributed by atoms with Gasteiger partial charge in [-0.25, -0.2) is 9.97 Å². The highest BCUT2D eigenvalue weighted by molar-refractivity contribution is 7.13. The third kappa shape index (κ3) is 3.55. The van der Waals surface area contributed by atoms with Gasteiger partial charge in [0.1, 0.15) is 17.1 Å². The third-order valence-corrected chi connectivity index (χ3v) is 4.57. The lowest BCUT2D eigenvalue weighted by atomic mass is 10.2. The molecule has 0 spiro atoms. The van der Waals surface area contributed by atoms with Crippen molar-refractivity contribution in [2.24, 2.45) is 10.2 Å². The molecule has 0 aliphatic carbocycles. The van der Waals surface area contributed by atoms with Crippen LogP contribution < -0.4 is 0 Å². The molecule has 0 radical (unpaired) electrons. The fraction of sp³-hybridized carbons (Fsp3) is 0.0500. The summed E-state index contributed by atoms with van der Waals surface area (Å²) in [6.07, 6.45) is 3.43. The first-order valence-electron chi connectivity index (χ1n) is 8.10. The van der Waals surface area contributed by atoms with E-state index in [1.165, 1.54) is 0 Å². The molecule has 0 atom stereocenters. The molecule has 0 aliphatic rings. The van der Waals surface area contributed by atoms with E-state index in [1.807, 2.05) is 66.9 Å². The molecule has 0 unspecified atom stereocenters. The highest BCUT2D eigenvalue weighted by Crippen LogP contribution is 2.33. The second kappa shape index (κ2) is 7.33. The Morgan fingerprint density at radius 3 is 2.65 bits per heavy atom. The van der Waals surface area contributed by atoms with Crippen LogP contribution >= 0.6 is 11.3 Å². The molecule has 0 aliphatic heterocycles. The first-order valence-corrected chi connectivity index (χ1v) is 8.98. The zero-order valence-electron chi connectivity index (χ0n) is 14.1. The SMILES string of the molecule is Cc1cccc(N=Nc2cnc(-c3ccccn3)nc2-c2cccs2)c1. The zero-order chi connectivity index (χ0) is 17.8. The van der Waals surface area contributed by atoms with Crippen molar-refractivity contribution in [1.29, 1.82) is 0 Å². The number of aromatic nitrogens is 3. The number of rotatable bonds is 4. The van der Waals surface area contributed by atoms with E-state index in [1.54, 1.807) is 23.7 Å². The molecule has 4 aromatic rings. The maximum atomic E-state index is 4.70. The Kier molecular flexibility index (Phi) is 4.57. The summed E-state index contributed by atoms with van der Waals surface area (Å²) in [7, 11) is 0. The smallest absolute Gasteiger partial charge is 0.178 e. The number of azo groups is 1. The molecule has 1 aromatic carbocycles. The summed E-state index contributed by atoms with van der Waals surface area (Å²) in [5.74, 6) is 0.573. The largest absolute Gasteiger partial charge is 0.253 e. The summed E-state index contributed by atoms with van der Waals surface area (Å²) in [4.78, 5) is 14.5. The van der Waals surface area contributed by atoms with E-state index < -0.39 is 0 Å². The zero-order valence-corrected chi connectivity index (χ0v) is 14.9. The van der Waals surface area contributed by atoms with Crippen molar-refractivity contribution in [3.05, 3.63) is 77.9 Å². The number of pyridine rings is 1. The van der Waals surface area contributed by atoms with Crippen LogP contribution in [-0.4, -0.2) is 15.0 Å². The van der Waals surface area contributed by atoms with Crippen LogP contribution in [0.1, 0.15) is 5.56 Å². The number of benzene rings is 1. The first-order chi connectivity index (χ1) is 12.8. The molecular weight excluding hydrogens is 342 g/mol. The second-order valence-corrected chi connectivity index (χ2v) is 6.61. The van der Waals surface area contributed by atoms with Crippen LogP contribution in [0.15, 0.2) is 82.6 Å². The molecule has 0 saturated carbocycles. The Morgan fingerprint density at radius 1 is 0.923 bits per heavy atom. The number of hydrogen-bond acceptors (Lipinski definition) is 6. The molecule has 0 N–H and O–H groups in total. The number of thiophene rings is 1. The van der Waals surface area contributed by atoms with Gasteiger partial charge in [-0.1, -0.05) is 24.3 Å². The van der Waals surface area contributed by atoms with Crippen molar-refractivity contribution in [2.75, 3.05) is 0 Å². The van der Waals surface area contributed by atoms with Crippen LogP contribution in [0, 0.1) is 6.92 Å². The van der Waals surface area contributed by atoms with Crippen molar-refractivity contribution < 1.29 is 0 Å². The maximum Gasteiger partial charge on any atom is 0.178 e. The van der Waals surface area contributed by atoms with Crippen molar-refractivity contribution in [1.82, 2.24) is 15.0 Å². The van der Waals surface area contributed by atoms with Crippen LogP contribution in [-0.2, 0) is 0 Å². The number of aryl methyl sites for hydroxylation is 1. The maximum absolute atomic E-state index is 4.70. The molecule has 0 fully saturated rings. The molecule has 3 heterocycles. The summed E-state index contributed by atoms with van der Waals surface area (Å²) < 4.78 is 0. The van der Waals surface area contributed by atoms with E-state index in [2.05, 4.69) is 20.2 Å². The van der Waals surface area contributed by atoms with Gasteiger partial charge in [0.15, 0.2) is 5.82 Å². The third-order valence-electron chi connectivity index (χ3n) is 3.69. The van der Waals surface area contributed by atoms with Crippen LogP contribution in [0.4, 0.5) is 11.4 Å². The molecule has 0 bridgehead atoms. The minimum atomic E-state index is 0.573. The average molecular weight is 357 g/mol. The Hall–Kier alpha value is -3.25. The summed E-state index contributed by atoms with van der Waals surface area (Å²) in [6.45, 7) is 2.03. The van der Waals surface area contributed by atoms with E-state index in [9.17, 15) is 0 Å². The van der Waals surface area contributed by atoms with Crippen LogP contribution in [0.3, 0.4) is 0 Å². The van der Waals surface area contributed by atoms with Gasteiger partial charge in [-0.3, -0.25) is 4.98 Å². The van der Waals surface area contributed by atoms with Gasteiger partial charge >= 0.3 is 0 Å². The molecule has 0 amide bonds. The lowest BCUT2D eigenvalue weighted by molar-refractivity contribution is 1.11.